The van der Waals surface area contributed by atoms with Crippen LogP contribution in [0.3, 0.4) is 0 Å². The molecule has 2 nitrogen and oxygen atoms in total. The average Bonchev–Trinajstić information content (AvgIpc) is 2.38. The highest BCUT2D eigenvalue weighted by Crippen LogP contribution is 2.02. The first-order valence-corrected chi connectivity index (χ1v) is 7.02. The molecule has 0 bridgehead atoms. The van der Waals surface area contributed by atoms with Crippen LogP contribution in [0.25, 0.3) is 0 Å². The largest absolute Gasteiger partial charge is 0.316 e. The Morgan fingerprint density at radius 3 is 2.72 bits per heavy atom. The average molecular weight is 246 g/mol. The van der Waals surface area contributed by atoms with Crippen LogP contribution in [0, 0.1) is 5.92 Å². The monoisotopic (exact) mass is 246 g/mol. The number of hydrogen-bond donors (Lipinski definition) is 1. The van der Waals surface area contributed by atoms with E-state index in [4.69, 9.17) is 0 Å². The van der Waals surface area contributed by atoms with Crippen LogP contribution in [0.15, 0.2) is 30.5 Å². The van der Waals surface area contributed by atoms with Crippen molar-refractivity contribution in [1.82, 2.24) is 10.3 Å². The van der Waals surface area contributed by atoms with Crippen LogP contribution in [0.5, 0.6) is 0 Å². The SMILES string of the molecule is CCc1ccc(CC=CCCNCC(C)C)nc1. The summed E-state index contributed by atoms with van der Waals surface area (Å²) in [5, 5.41) is 3.43. The molecule has 1 N–H and O–H groups in total. The molecular formula is C16H26N2. The van der Waals surface area contributed by atoms with Gasteiger partial charge in [-0.3, -0.25) is 4.98 Å². The summed E-state index contributed by atoms with van der Waals surface area (Å²) in [5.74, 6) is 0.732. The van der Waals surface area contributed by atoms with Crippen molar-refractivity contribution < 1.29 is 0 Å². The Morgan fingerprint density at radius 2 is 2.11 bits per heavy atom. The summed E-state index contributed by atoms with van der Waals surface area (Å²) in [5.41, 5.74) is 2.46. The van der Waals surface area contributed by atoms with E-state index in [0.717, 1.165) is 44.0 Å². The highest BCUT2D eigenvalue weighted by atomic mass is 14.8. The van der Waals surface area contributed by atoms with E-state index in [1.807, 2.05) is 6.20 Å². The minimum Gasteiger partial charge on any atom is -0.316 e. The van der Waals surface area contributed by atoms with Crippen LogP contribution < -0.4 is 5.32 Å². The maximum atomic E-state index is 4.44. The second kappa shape index (κ2) is 8.87. The van der Waals surface area contributed by atoms with Crippen LogP contribution in [-0.4, -0.2) is 18.1 Å². The molecule has 2 heteroatoms. The van der Waals surface area contributed by atoms with Crippen molar-refractivity contribution in [3.63, 3.8) is 0 Å². The van der Waals surface area contributed by atoms with Gasteiger partial charge >= 0.3 is 0 Å². The van der Waals surface area contributed by atoms with Crippen LogP contribution in [-0.2, 0) is 12.8 Å². The standard InChI is InChI=1S/C16H26N2/c1-4-15-9-10-16(18-13-15)8-6-5-7-11-17-12-14(2)3/h5-6,9-10,13-14,17H,4,7-8,11-12H2,1-3H3. The lowest BCUT2D eigenvalue weighted by Crippen LogP contribution is -2.20. The fourth-order valence-electron chi connectivity index (χ4n) is 1.68. The van der Waals surface area contributed by atoms with Gasteiger partial charge in [-0.15, -0.1) is 0 Å². The zero-order valence-corrected chi connectivity index (χ0v) is 11.9. The number of rotatable bonds is 8. The summed E-state index contributed by atoms with van der Waals surface area (Å²) < 4.78 is 0. The molecule has 0 aromatic carbocycles. The molecule has 18 heavy (non-hydrogen) atoms. The normalized spacial score (nSPS) is 11.6. The third kappa shape index (κ3) is 6.55. The van der Waals surface area contributed by atoms with Crippen molar-refractivity contribution >= 4 is 0 Å². The Labute approximate surface area is 112 Å². The Morgan fingerprint density at radius 1 is 1.28 bits per heavy atom. The van der Waals surface area contributed by atoms with Crippen molar-refractivity contribution in [2.75, 3.05) is 13.1 Å². The van der Waals surface area contributed by atoms with Gasteiger partial charge in [0.2, 0.25) is 0 Å². The fraction of sp³-hybridized carbons (Fsp3) is 0.562. The van der Waals surface area contributed by atoms with E-state index in [-0.39, 0.29) is 0 Å². The van der Waals surface area contributed by atoms with Crippen molar-refractivity contribution in [1.29, 1.82) is 0 Å². The molecule has 0 unspecified atom stereocenters. The predicted octanol–water partition coefficient (Wildman–Crippen LogP) is 3.38. The molecule has 0 fully saturated rings. The topological polar surface area (TPSA) is 24.9 Å². The van der Waals surface area contributed by atoms with Gasteiger partial charge in [0.15, 0.2) is 0 Å². The van der Waals surface area contributed by atoms with E-state index in [0.29, 0.717) is 0 Å². The summed E-state index contributed by atoms with van der Waals surface area (Å²) in [6.45, 7) is 8.79. The second-order valence-corrected chi connectivity index (χ2v) is 5.07. The number of nitrogens with zero attached hydrogens (tertiary/aromatic N) is 1. The Balaban J connectivity index is 2.15. The van der Waals surface area contributed by atoms with Gasteiger partial charge < -0.3 is 5.32 Å². The first-order valence-electron chi connectivity index (χ1n) is 7.02. The number of pyridine rings is 1. The molecule has 0 aliphatic heterocycles. The third-order valence-electron chi connectivity index (χ3n) is 2.83. The highest BCUT2D eigenvalue weighted by Gasteiger charge is 1.93. The maximum Gasteiger partial charge on any atom is 0.0441 e. The van der Waals surface area contributed by atoms with Crippen LogP contribution in [0.2, 0.25) is 0 Å². The van der Waals surface area contributed by atoms with Crippen molar-refractivity contribution in [2.45, 2.75) is 40.0 Å². The molecule has 0 amide bonds. The van der Waals surface area contributed by atoms with E-state index < -0.39 is 0 Å². The van der Waals surface area contributed by atoms with Crippen molar-refractivity contribution in [3.8, 4) is 0 Å². The predicted molar refractivity (Wildman–Crippen MR) is 78.8 cm³/mol. The lowest BCUT2D eigenvalue weighted by molar-refractivity contribution is 0.556. The van der Waals surface area contributed by atoms with Crippen LogP contribution in [0.4, 0.5) is 0 Å². The van der Waals surface area contributed by atoms with Gasteiger partial charge in [-0.1, -0.05) is 39.0 Å². The molecule has 0 saturated heterocycles. The Bertz CT molecular complexity index is 339. The number of hydrogen-bond acceptors (Lipinski definition) is 2. The van der Waals surface area contributed by atoms with E-state index in [1.165, 1.54) is 5.56 Å². The maximum absolute atomic E-state index is 4.44. The fourth-order valence-corrected chi connectivity index (χ4v) is 1.68. The number of aromatic nitrogens is 1. The van der Waals surface area contributed by atoms with Gasteiger partial charge in [-0.05, 0) is 43.5 Å². The molecule has 0 spiro atoms. The van der Waals surface area contributed by atoms with Gasteiger partial charge in [0.25, 0.3) is 0 Å². The summed E-state index contributed by atoms with van der Waals surface area (Å²) in [7, 11) is 0. The second-order valence-electron chi connectivity index (χ2n) is 5.07. The van der Waals surface area contributed by atoms with Gasteiger partial charge in [0, 0.05) is 18.3 Å². The van der Waals surface area contributed by atoms with Gasteiger partial charge in [-0.2, -0.15) is 0 Å². The van der Waals surface area contributed by atoms with Crippen molar-refractivity contribution in [2.24, 2.45) is 5.92 Å². The molecule has 1 aromatic rings. The van der Waals surface area contributed by atoms with Gasteiger partial charge in [0.1, 0.15) is 0 Å². The summed E-state index contributed by atoms with van der Waals surface area (Å²) in [4.78, 5) is 4.44. The van der Waals surface area contributed by atoms with E-state index in [2.05, 4.69) is 55.4 Å². The zero-order chi connectivity index (χ0) is 13.2. The molecule has 0 radical (unpaired) electrons. The van der Waals surface area contributed by atoms with Crippen LogP contribution >= 0.6 is 0 Å². The number of aryl methyl sites for hydroxylation is 1. The summed E-state index contributed by atoms with van der Waals surface area (Å²) >= 11 is 0. The minimum atomic E-state index is 0.732. The van der Waals surface area contributed by atoms with Crippen LogP contribution in [0.1, 0.15) is 38.4 Å². The van der Waals surface area contributed by atoms with Gasteiger partial charge in [0.05, 0.1) is 0 Å². The number of nitrogens with one attached hydrogen (secondary N) is 1. The Kier molecular flexibility index (Phi) is 7.35. The van der Waals surface area contributed by atoms with Crippen molar-refractivity contribution in [3.05, 3.63) is 41.7 Å². The zero-order valence-electron chi connectivity index (χ0n) is 11.9. The Hall–Kier alpha value is -1.15. The van der Waals surface area contributed by atoms with E-state index in [9.17, 15) is 0 Å². The van der Waals surface area contributed by atoms with E-state index in [1.54, 1.807) is 0 Å². The van der Waals surface area contributed by atoms with Gasteiger partial charge in [-0.25, -0.2) is 0 Å². The lowest BCUT2D eigenvalue weighted by atomic mass is 10.2. The molecule has 0 aliphatic carbocycles. The quantitative estimate of drug-likeness (QED) is 0.562. The molecule has 0 saturated carbocycles. The lowest BCUT2D eigenvalue weighted by Gasteiger charge is -2.04. The minimum absolute atomic E-state index is 0.732. The molecule has 1 aromatic heterocycles. The molecule has 100 valence electrons. The highest BCUT2D eigenvalue weighted by molar-refractivity contribution is 5.15. The summed E-state index contributed by atoms with van der Waals surface area (Å²) in [6, 6.07) is 4.29. The first-order chi connectivity index (χ1) is 8.72. The molecule has 0 aliphatic rings. The summed E-state index contributed by atoms with van der Waals surface area (Å²) in [6.07, 6.45) is 9.53. The molecule has 1 rings (SSSR count). The first kappa shape index (κ1) is 14.9. The number of allylic oxidation sites excluding steroid dienone is 1. The molecule has 0 atom stereocenters. The third-order valence-corrected chi connectivity index (χ3v) is 2.83. The van der Waals surface area contributed by atoms with E-state index >= 15 is 0 Å². The smallest absolute Gasteiger partial charge is 0.0441 e. The molecule has 1 heterocycles. The molecular weight excluding hydrogens is 220 g/mol.